The monoisotopic (exact) mass is 301 g/mol. The van der Waals surface area contributed by atoms with E-state index in [-0.39, 0.29) is 12.3 Å². The summed E-state index contributed by atoms with van der Waals surface area (Å²) < 4.78 is 17.6. The molecule has 0 bridgehead atoms. The number of ether oxygens (including phenoxy) is 1. The van der Waals surface area contributed by atoms with Crippen LogP contribution in [-0.4, -0.2) is 19.0 Å². The van der Waals surface area contributed by atoms with Crippen molar-refractivity contribution >= 4 is 11.9 Å². The highest BCUT2D eigenvalue weighted by atomic mass is 19.1. The highest BCUT2D eigenvalue weighted by Gasteiger charge is 2.19. The molecular weight excluding hydrogens is 285 g/mol. The first kappa shape index (κ1) is 15.7. The maximum Gasteiger partial charge on any atom is 0.307 e. The molecule has 0 saturated heterocycles. The smallest absolute Gasteiger partial charge is 0.307 e. The van der Waals surface area contributed by atoms with Crippen molar-refractivity contribution in [3.63, 3.8) is 0 Å². The molecule has 1 N–H and O–H groups in total. The van der Waals surface area contributed by atoms with Crippen molar-refractivity contribution in [1.29, 1.82) is 0 Å². The predicted molar refractivity (Wildman–Crippen MR) is 79.7 cm³/mol. The fraction of sp³-hybridized carbons (Fsp3) is 0.176. The van der Waals surface area contributed by atoms with E-state index >= 15 is 0 Å². The van der Waals surface area contributed by atoms with Crippen molar-refractivity contribution < 1.29 is 18.7 Å². The molecule has 2 aromatic carbocycles. The number of nitrogens with one attached hydrogen (secondary N) is 1. The van der Waals surface area contributed by atoms with Gasteiger partial charge in [-0.2, -0.15) is 0 Å². The molecular formula is C17H16FNO3. The zero-order chi connectivity index (χ0) is 15.9. The van der Waals surface area contributed by atoms with Crippen LogP contribution in [0.1, 0.15) is 28.4 Å². The number of carbonyl (C=O) groups excluding carboxylic acids is 2. The van der Waals surface area contributed by atoms with E-state index in [4.69, 9.17) is 0 Å². The van der Waals surface area contributed by atoms with Gasteiger partial charge >= 0.3 is 5.97 Å². The van der Waals surface area contributed by atoms with Crippen LogP contribution in [-0.2, 0) is 9.53 Å². The Hall–Kier alpha value is -2.69. The quantitative estimate of drug-likeness (QED) is 0.864. The van der Waals surface area contributed by atoms with Gasteiger partial charge in [0.05, 0.1) is 19.6 Å². The molecule has 0 aliphatic rings. The molecule has 0 spiro atoms. The van der Waals surface area contributed by atoms with Crippen molar-refractivity contribution in [2.75, 3.05) is 7.11 Å². The summed E-state index contributed by atoms with van der Waals surface area (Å²) in [5.41, 5.74) is 1.12. The molecule has 0 aliphatic carbocycles. The van der Waals surface area contributed by atoms with Gasteiger partial charge < -0.3 is 10.1 Å². The van der Waals surface area contributed by atoms with Crippen LogP contribution in [0.3, 0.4) is 0 Å². The number of benzene rings is 2. The van der Waals surface area contributed by atoms with Gasteiger partial charge in [-0.25, -0.2) is 4.39 Å². The second-order valence-corrected chi connectivity index (χ2v) is 4.72. The number of hydrogen-bond donors (Lipinski definition) is 1. The molecule has 0 radical (unpaired) electrons. The first-order valence-corrected chi connectivity index (χ1v) is 6.78. The summed E-state index contributed by atoms with van der Waals surface area (Å²) in [7, 11) is 1.30. The van der Waals surface area contributed by atoms with Crippen molar-refractivity contribution in [2.24, 2.45) is 0 Å². The minimum absolute atomic E-state index is 0.0213. The number of carbonyl (C=O) groups is 2. The Bertz CT molecular complexity index is 641. The van der Waals surface area contributed by atoms with Crippen molar-refractivity contribution in [3.05, 3.63) is 71.5 Å². The van der Waals surface area contributed by atoms with Crippen molar-refractivity contribution in [1.82, 2.24) is 5.32 Å². The van der Waals surface area contributed by atoms with Crippen LogP contribution < -0.4 is 5.32 Å². The van der Waals surface area contributed by atoms with Gasteiger partial charge in [0.2, 0.25) is 0 Å². The normalized spacial score (nSPS) is 11.5. The fourth-order valence-electron chi connectivity index (χ4n) is 2.03. The van der Waals surface area contributed by atoms with Gasteiger partial charge in [0.15, 0.2) is 0 Å². The van der Waals surface area contributed by atoms with Gasteiger partial charge in [-0.15, -0.1) is 0 Å². The fourth-order valence-corrected chi connectivity index (χ4v) is 2.03. The molecule has 22 heavy (non-hydrogen) atoms. The largest absolute Gasteiger partial charge is 0.469 e. The minimum Gasteiger partial charge on any atom is -0.469 e. The van der Waals surface area contributed by atoms with Gasteiger partial charge in [-0.05, 0) is 29.8 Å². The number of methoxy groups -OCH3 is 1. The summed E-state index contributed by atoms with van der Waals surface area (Å²) in [5, 5.41) is 2.77. The lowest BCUT2D eigenvalue weighted by molar-refractivity contribution is -0.141. The third kappa shape index (κ3) is 4.15. The molecule has 2 aromatic rings. The highest BCUT2D eigenvalue weighted by Crippen LogP contribution is 2.18. The minimum atomic E-state index is -0.508. The zero-order valence-corrected chi connectivity index (χ0v) is 12.1. The molecule has 5 heteroatoms. The molecule has 114 valence electrons. The van der Waals surface area contributed by atoms with E-state index in [1.54, 1.807) is 0 Å². The molecule has 1 atom stereocenters. The Balaban J connectivity index is 2.17. The Morgan fingerprint density at radius 1 is 1.09 bits per heavy atom. The summed E-state index contributed by atoms with van der Waals surface area (Å²) in [4.78, 5) is 23.8. The van der Waals surface area contributed by atoms with Gasteiger partial charge in [0.1, 0.15) is 5.82 Å². The topological polar surface area (TPSA) is 55.4 Å². The number of rotatable bonds is 5. The maximum absolute atomic E-state index is 12.9. The van der Waals surface area contributed by atoms with Crippen LogP contribution in [0.5, 0.6) is 0 Å². The first-order valence-electron chi connectivity index (χ1n) is 6.78. The Morgan fingerprint density at radius 3 is 2.32 bits per heavy atom. The van der Waals surface area contributed by atoms with Gasteiger partial charge in [0.25, 0.3) is 5.91 Å². The molecule has 1 amide bonds. The van der Waals surface area contributed by atoms with E-state index in [1.165, 1.54) is 31.4 Å². The average molecular weight is 301 g/mol. The second-order valence-electron chi connectivity index (χ2n) is 4.72. The standard InChI is InChI=1S/C17H16FNO3/c1-22-16(20)11-15(12-5-3-2-4-6-12)19-17(21)13-7-9-14(18)10-8-13/h2-10,15H,11H2,1H3,(H,19,21). The van der Waals surface area contributed by atoms with Crippen LogP contribution in [0.25, 0.3) is 0 Å². The third-order valence-electron chi connectivity index (χ3n) is 3.21. The van der Waals surface area contributed by atoms with Crippen molar-refractivity contribution in [3.8, 4) is 0 Å². The summed E-state index contributed by atoms with van der Waals surface area (Å²) in [6.07, 6.45) is 0.0213. The Kier molecular flexibility index (Phi) is 5.25. The van der Waals surface area contributed by atoms with Gasteiger partial charge in [-0.1, -0.05) is 30.3 Å². The number of hydrogen-bond acceptors (Lipinski definition) is 3. The summed E-state index contributed by atoms with van der Waals surface area (Å²) in [6.45, 7) is 0. The molecule has 0 fully saturated rings. The molecule has 4 nitrogen and oxygen atoms in total. The Labute approximate surface area is 127 Å². The summed E-state index contributed by atoms with van der Waals surface area (Å²) >= 11 is 0. The zero-order valence-electron chi connectivity index (χ0n) is 12.1. The number of halogens is 1. The van der Waals surface area contributed by atoms with E-state index in [2.05, 4.69) is 10.1 Å². The van der Waals surface area contributed by atoms with Gasteiger partial charge in [-0.3, -0.25) is 9.59 Å². The third-order valence-corrected chi connectivity index (χ3v) is 3.21. The molecule has 1 unspecified atom stereocenters. The molecule has 0 aliphatic heterocycles. The lowest BCUT2D eigenvalue weighted by Crippen LogP contribution is -2.30. The predicted octanol–water partition coefficient (Wildman–Crippen LogP) is 2.86. The van der Waals surface area contributed by atoms with Crippen LogP contribution in [0, 0.1) is 5.82 Å². The number of esters is 1. The maximum atomic E-state index is 12.9. The van der Waals surface area contributed by atoms with E-state index in [9.17, 15) is 14.0 Å². The highest BCUT2D eigenvalue weighted by molar-refractivity contribution is 5.94. The molecule has 0 aromatic heterocycles. The lowest BCUT2D eigenvalue weighted by Gasteiger charge is -2.18. The summed E-state index contributed by atoms with van der Waals surface area (Å²) in [5.74, 6) is -1.21. The van der Waals surface area contributed by atoms with Crippen LogP contribution >= 0.6 is 0 Å². The van der Waals surface area contributed by atoms with E-state index in [0.717, 1.165) is 5.56 Å². The average Bonchev–Trinajstić information content (AvgIpc) is 2.55. The molecule has 0 saturated carbocycles. The Morgan fingerprint density at radius 2 is 1.73 bits per heavy atom. The lowest BCUT2D eigenvalue weighted by atomic mass is 10.0. The second kappa shape index (κ2) is 7.36. The van der Waals surface area contributed by atoms with Crippen LogP contribution in [0.15, 0.2) is 54.6 Å². The summed E-state index contributed by atoms with van der Waals surface area (Å²) in [6, 6.07) is 13.8. The molecule has 2 rings (SSSR count). The van der Waals surface area contributed by atoms with E-state index < -0.39 is 17.8 Å². The first-order chi connectivity index (χ1) is 10.6. The van der Waals surface area contributed by atoms with Crippen molar-refractivity contribution in [2.45, 2.75) is 12.5 Å². The van der Waals surface area contributed by atoms with E-state index in [1.807, 2.05) is 30.3 Å². The van der Waals surface area contributed by atoms with Gasteiger partial charge in [0, 0.05) is 5.56 Å². The number of amides is 1. The molecule has 0 heterocycles. The van der Waals surface area contributed by atoms with Crippen LogP contribution in [0.4, 0.5) is 4.39 Å². The van der Waals surface area contributed by atoms with Crippen LogP contribution in [0.2, 0.25) is 0 Å². The SMILES string of the molecule is COC(=O)CC(NC(=O)c1ccc(F)cc1)c1ccccc1. The van der Waals surface area contributed by atoms with E-state index in [0.29, 0.717) is 5.56 Å².